The molecule has 1 N–H and O–H groups in total. The summed E-state index contributed by atoms with van der Waals surface area (Å²) in [5.74, 6) is 0. The largest absolute Gasteiger partial charge is 0.309 e. The number of pyridine rings is 1. The van der Waals surface area contributed by atoms with E-state index in [-0.39, 0.29) is 0 Å². The summed E-state index contributed by atoms with van der Waals surface area (Å²) in [5, 5.41) is 5.61. The molecule has 0 amide bonds. The van der Waals surface area contributed by atoms with Gasteiger partial charge in [0.05, 0.1) is 11.7 Å². The third-order valence-electron chi connectivity index (χ3n) is 3.01. The SMILES string of the molecule is CN(C)C(CNCc1ncc(Br)cc1Br)c1cccs1. The first-order valence-electron chi connectivity index (χ1n) is 6.28. The third-order valence-corrected chi connectivity index (χ3v) is 5.10. The van der Waals surface area contributed by atoms with Crippen molar-refractivity contribution in [2.45, 2.75) is 12.6 Å². The summed E-state index contributed by atoms with van der Waals surface area (Å²) in [6.45, 7) is 1.65. The van der Waals surface area contributed by atoms with E-state index in [1.807, 2.05) is 12.3 Å². The fraction of sp³-hybridized carbons (Fsp3) is 0.357. The van der Waals surface area contributed by atoms with Crippen molar-refractivity contribution < 1.29 is 0 Å². The third kappa shape index (κ3) is 4.36. The van der Waals surface area contributed by atoms with E-state index >= 15 is 0 Å². The Labute approximate surface area is 140 Å². The molecule has 2 heterocycles. The molecule has 108 valence electrons. The van der Waals surface area contributed by atoms with Crippen molar-refractivity contribution in [2.24, 2.45) is 0 Å². The van der Waals surface area contributed by atoms with Crippen LogP contribution in [0.15, 0.2) is 38.7 Å². The second kappa shape index (κ2) is 7.66. The molecular weight excluding hydrogens is 402 g/mol. The molecule has 2 aromatic rings. The molecule has 0 radical (unpaired) electrons. The molecule has 0 fully saturated rings. The quantitative estimate of drug-likeness (QED) is 0.766. The Morgan fingerprint density at radius 3 is 2.80 bits per heavy atom. The molecule has 0 aliphatic carbocycles. The van der Waals surface area contributed by atoms with Gasteiger partial charge >= 0.3 is 0 Å². The zero-order valence-electron chi connectivity index (χ0n) is 11.4. The fourth-order valence-electron chi connectivity index (χ4n) is 1.92. The summed E-state index contributed by atoms with van der Waals surface area (Å²) in [6.07, 6.45) is 1.82. The highest BCUT2D eigenvalue weighted by molar-refractivity contribution is 9.11. The van der Waals surface area contributed by atoms with E-state index in [1.54, 1.807) is 11.3 Å². The van der Waals surface area contributed by atoms with Crippen molar-refractivity contribution in [3.63, 3.8) is 0 Å². The van der Waals surface area contributed by atoms with Crippen LogP contribution in [0.2, 0.25) is 0 Å². The maximum Gasteiger partial charge on any atom is 0.0684 e. The van der Waals surface area contributed by atoms with E-state index in [1.165, 1.54) is 4.88 Å². The Bertz CT molecular complexity index is 543. The molecular formula is C14H17Br2N3S. The maximum absolute atomic E-state index is 4.42. The van der Waals surface area contributed by atoms with Crippen molar-refractivity contribution in [2.75, 3.05) is 20.6 Å². The highest BCUT2D eigenvalue weighted by Gasteiger charge is 2.14. The highest BCUT2D eigenvalue weighted by atomic mass is 79.9. The number of likely N-dealkylation sites (N-methyl/N-ethyl adjacent to an activating group) is 1. The number of rotatable bonds is 6. The molecule has 0 bridgehead atoms. The molecule has 3 nitrogen and oxygen atoms in total. The van der Waals surface area contributed by atoms with Gasteiger partial charge in [-0.1, -0.05) is 6.07 Å². The topological polar surface area (TPSA) is 28.2 Å². The number of thiophene rings is 1. The Hall–Kier alpha value is -0.270. The van der Waals surface area contributed by atoms with Crippen LogP contribution in [0.5, 0.6) is 0 Å². The van der Waals surface area contributed by atoms with Crippen molar-refractivity contribution in [3.05, 3.63) is 49.3 Å². The Morgan fingerprint density at radius 2 is 2.20 bits per heavy atom. The molecule has 0 aliphatic heterocycles. The zero-order valence-corrected chi connectivity index (χ0v) is 15.4. The van der Waals surface area contributed by atoms with Crippen LogP contribution in [0, 0.1) is 0 Å². The van der Waals surface area contributed by atoms with Crippen LogP contribution >= 0.6 is 43.2 Å². The summed E-state index contributed by atoms with van der Waals surface area (Å²) < 4.78 is 2.01. The molecule has 0 aliphatic rings. The molecule has 2 rings (SSSR count). The average molecular weight is 419 g/mol. The predicted molar refractivity (Wildman–Crippen MR) is 92.1 cm³/mol. The van der Waals surface area contributed by atoms with E-state index in [9.17, 15) is 0 Å². The molecule has 6 heteroatoms. The smallest absolute Gasteiger partial charge is 0.0684 e. The second-order valence-electron chi connectivity index (χ2n) is 4.71. The van der Waals surface area contributed by atoms with Gasteiger partial charge in [-0.15, -0.1) is 11.3 Å². The van der Waals surface area contributed by atoms with Gasteiger partial charge in [0.2, 0.25) is 0 Å². The van der Waals surface area contributed by atoms with Gasteiger partial charge in [-0.3, -0.25) is 4.98 Å². The standard InChI is InChI=1S/C14H17Br2N3S/c1-19(2)13(14-4-3-5-20-14)9-17-8-12-11(16)6-10(15)7-18-12/h3-7,13,17H,8-9H2,1-2H3. The summed E-state index contributed by atoms with van der Waals surface area (Å²) in [6, 6.07) is 6.70. The molecule has 0 spiro atoms. The molecule has 20 heavy (non-hydrogen) atoms. The van der Waals surface area contributed by atoms with Gasteiger partial charge in [0.1, 0.15) is 0 Å². The van der Waals surface area contributed by atoms with Crippen molar-refractivity contribution in [3.8, 4) is 0 Å². The van der Waals surface area contributed by atoms with E-state index in [0.717, 1.165) is 27.7 Å². The van der Waals surface area contributed by atoms with Crippen molar-refractivity contribution in [1.82, 2.24) is 15.2 Å². The predicted octanol–water partition coefficient (Wildman–Crippen LogP) is 4.06. The highest BCUT2D eigenvalue weighted by Crippen LogP contribution is 2.23. The molecule has 0 aromatic carbocycles. The molecule has 1 unspecified atom stereocenters. The number of hydrogen-bond donors (Lipinski definition) is 1. The number of aromatic nitrogens is 1. The van der Waals surface area contributed by atoms with Gasteiger partial charge in [-0.25, -0.2) is 0 Å². The first-order valence-corrected chi connectivity index (χ1v) is 8.75. The van der Waals surface area contributed by atoms with Crippen LogP contribution in [-0.2, 0) is 6.54 Å². The van der Waals surface area contributed by atoms with E-state index < -0.39 is 0 Å². The van der Waals surface area contributed by atoms with Gasteiger partial charge in [0.15, 0.2) is 0 Å². The van der Waals surface area contributed by atoms with E-state index in [4.69, 9.17) is 0 Å². The van der Waals surface area contributed by atoms with Crippen LogP contribution < -0.4 is 5.32 Å². The Balaban J connectivity index is 1.94. The minimum Gasteiger partial charge on any atom is -0.309 e. The lowest BCUT2D eigenvalue weighted by Crippen LogP contribution is -2.30. The average Bonchev–Trinajstić information content (AvgIpc) is 2.90. The summed E-state index contributed by atoms with van der Waals surface area (Å²) in [5.41, 5.74) is 1.02. The first kappa shape index (κ1) is 16.1. The van der Waals surface area contributed by atoms with E-state index in [2.05, 4.69) is 78.7 Å². The maximum atomic E-state index is 4.42. The van der Waals surface area contributed by atoms with Gasteiger partial charge < -0.3 is 10.2 Å². The molecule has 1 atom stereocenters. The van der Waals surface area contributed by atoms with Crippen LogP contribution in [-0.4, -0.2) is 30.5 Å². The summed E-state index contributed by atoms with van der Waals surface area (Å²) >= 11 is 8.75. The zero-order chi connectivity index (χ0) is 14.5. The summed E-state index contributed by atoms with van der Waals surface area (Å²) in [4.78, 5) is 8.03. The van der Waals surface area contributed by atoms with Gasteiger partial charge in [0.25, 0.3) is 0 Å². The van der Waals surface area contributed by atoms with Crippen LogP contribution in [0.4, 0.5) is 0 Å². The van der Waals surface area contributed by atoms with Crippen LogP contribution in [0.1, 0.15) is 16.6 Å². The lowest BCUT2D eigenvalue weighted by molar-refractivity contribution is 0.292. The molecule has 2 aromatic heterocycles. The minimum atomic E-state index is 0.393. The number of hydrogen-bond acceptors (Lipinski definition) is 4. The number of nitrogens with one attached hydrogen (secondary N) is 1. The number of halogens is 2. The minimum absolute atomic E-state index is 0.393. The monoisotopic (exact) mass is 417 g/mol. The van der Waals surface area contributed by atoms with Gasteiger partial charge in [-0.2, -0.15) is 0 Å². The lowest BCUT2D eigenvalue weighted by atomic mass is 10.2. The molecule has 0 saturated carbocycles. The summed E-state index contributed by atoms with van der Waals surface area (Å²) in [7, 11) is 4.22. The Kier molecular flexibility index (Phi) is 6.17. The normalized spacial score (nSPS) is 12.8. The van der Waals surface area contributed by atoms with Crippen molar-refractivity contribution >= 4 is 43.2 Å². The first-order chi connectivity index (χ1) is 9.58. The van der Waals surface area contributed by atoms with Crippen molar-refractivity contribution in [1.29, 1.82) is 0 Å². The van der Waals surface area contributed by atoms with Crippen LogP contribution in [0.3, 0.4) is 0 Å². The fourth-order valence-corrected chi connectivity index (χ4v) is 3.97. The van der Waals surface area contributed by atoms with Gasteiger partial charge in [-0.05, 0) is 63.5 Å². The van der Waals surface area contributed by atoms with Crippen LogP contribution in [0.25, 0.3) is 0 Å². The number of nitrogens with zero attached hydrogens (tertiary/aromatic N) is 2. The molecule has 0 saturated heterocycles. The Morgan fingerprint density at radius 1 is 1.40 bits per heavy atom. The second-order valence-corrected chi connectivity index (χ2v) is 7.46. The lowest BCUT2D eigenvalue weighted by Gasteiger charge is -2.23. The van der Waals surface area contributed by atoms with E-state index in [0.29, 0.717) is 6.04 Å². The van der Waals surface area contributed by atoms with Gasteiger partial charge in [0, 0.05) is 33.1 Å².